The largest absolute Gasteiger partial charge is 0.421 e. The predicted octanol–water partition coefficient (Wildman–Crippen LogP) is 4.04. The summed E-state index contributed by atoms with van der Waals surface area (Å²) in [5.41, 5.74) is 3.06. The minimum absolute atomic E-state index is 0.105. The first-order chi connectivity index (χ1) is 15.0. The predicted molar refractivity (Wildman–Crippen MR) is 114 cm³/mol. The third-order valence-electron chi connectivity index (χ3n) is 5.17. The number of rotatable bonds is 7. The van der Waals surface area contributed by atoms with Gasteiger partial charge in [-0.1, -0.05) is 60.1 Å². The van der Waals surface area contributed by atoms with Crippen LogP contribution in [0.3, 0.4) is 0 Å². The second-order valence-electron chi connectivity index (χ2n) is 7.35. The molecule has 1 aromatic heterocycles. The van der Waals surface area contributed by atoms with E-state index in [1.54, 1.807) is 30.6 Å². The lowest BCUT2D eigenvalue weighted by molar-refractivity contribution is -0.195. The lowest BCUT2D eigenvalue weighted by Gasteiger charge is -2.28. The van der Waals surface area contributed by atoms with Crippen molar-refractivity contribution in [2.75, 3.05) is 0 Å². The van der Waals surface area contributed by atoms with Crippen LogP contribution in [-0.4, -0.2) is 28.1 Å². The summed E-state index contributed by atoms with van der Waals surface area (Å²) in [6.07, 6.45) is 3.34. The molecule has 0 spiro atoms. The molecule has 0 bridgehead atoms. The fourth-order valence-corrected chi connectivity index (χ4v) is 3.91. The Morgan fingerprint density at radius 3 is 2.39 bits per heavy atom. The maximum Gasteiger partial charge on any atom is 0.421 e. The zero-order valence-corrected chi connectivity index (χ0v) is 17.3. The van der Waals surface area contributed by atoms with E-state index in [-0.39, 0.29) is 6.42 Å². The van der Waals surface area contributed by atoms with Gasteiger partial charge in [-0.25, -0.2) is 9.59 Å². The summed E-state index contributed by atoms with van der Waals surface area (Å²) in [6, 6.07) is 18.4. The molecule has 1 fully saturated rings. The van der Waals surface area contributed by atoms with Gasteiger partial charge >= 0.3 is 11.9 Å². The maximum absolute atomic E-state index is 11.9. The zero-order valence-electron chi connectivity index (χ0n) is 16.5. The Bertz CT molecular complexity index is 1070. The summed E-state index contributed by atoms with van der Waals surface area (Å²) in [4.78, 5) is 27.8. The van der Waals surface area contributed by atoms with Gasteiger partial charge in [0.25, 0.3) is 5.79 Å². The number of aliphatic hydroxyl groups excluding tert-OH is 1. The molecule has 1 atom stereocenters. The van der Waals surface area contributed by atoms with E-state index < -0.39 is 23.8 Å². The third kappa shape index (κ3) is 4.60. The molecular formula is C24H20ClNO5. The molecule has 3 aromatic rings. The van der Waals surface area contributed by atoms with Crippen molar-refractivity contribution in [1.82, 2.24) is 4.98 Å². The number of hydrogen-bond acceptors (Lipinski definition) is 6. The van der Waals surface area contributed by atoms with Crippen LogP contribution in [0.5, 0.6) is 0 Å². The van der Waals surface area contributed by atoms with E-state index in [2.05, 4.69) is 4.98 Å². The molecule has 7 heteroatoms. The minimum atomic E-state index is -1.72. The number of aliphatic hydroxyl groups is 1. The first-order valence-corrected chi connectivity index (χ1v) is 10.2. The van der Waals surface area contributed by atoms with Gasteiger partial charge in [0.1, 0.15) is 0 Å². The van der Waals surface area contributed by atoms with E-state index in [9.17, 15) is 14.7 Å². The summed E-state index contributed by atoms with van der Waals surface area (Å²) in [6.45, 7) is 0. The molecule has 1 aliphatic rings. The van der Waals surface area contributed by atoms with E-state index in [0.717, 1.165) is 16.7 Å². The number of halogens is 1. The molecule has 0 unspecified atom stereocenters. The highest BCUT2D eigenvalue weighted by Gasteiger charge is 2.51. The van der Waals surface area contributed by atoms with Crippen molar-refractivity contribution in [3.8, 4) is 11.1 Å². The molecule has 1 N–H and O–H groups in total. The standard InChI is InChI=1S/C24H20ClNO5/c25-21-13-18(9-11-20(21)17-6-2-1-3-7-17)24(30-22(28)23(29)31-24)14-19(27)10-8-16-5-4-12-26-15-16/h1-7,9,11-13,15,19,27H,8,10,14H2/t19-/m0/s1. The van der Waals surface area contributed by atoms with E-state index in [1.807, 2.05) is 42.5 Å². The molecule has 0 saturated carbocycles. The van der Waals surface area contributed by atoms with Crippen molar-refractivity contribution < 1.29 is 24.2 Å². The molecule has 0 amide bonds. The van der Waals surface area contributed by atoms with Gasteiger partial charge in [0.05, 0.1) is 12.5 Å². The third-order valence-corrected chi connectivity index (χ3v) is 5.48. The molecule has 0 radical (unpaired) electrons. The normalized spacial score (nSPS) is 15.9. The molecular weight excluding hydrogens is 418 g/mol. The number of cyclic esters (lactones) is 2. The number of carbonyl (C=O) groups is 2. The smallest absolute Gasteiger partial charge is 0.409 e. The number of aromatic nitrogens is 1. The topological polar surface area (TPSA) is 85.7 Å². The van der Waals surface area contributed by atoms with Gasteiger partial charge < -0.3 is 14.6 Å². The number of ether oxygens (including phenoxy) is 2. The molecule has 2 heterocycles. The monoisotopic (exact) mass is 437 g/mol. The summed E-state index contributed by atoms with van der Waals surface area (Å²) in [7, 11) is 0. The van der Waals surface area contributed by atoms with Crippen LogP contribution in [-0.2, 0) is 31.3 Å². The number of nitrogens with zero attached hydrogens (tertiary/aromatic N) is 1. The molecule has 0 aliphatic carbocycles. The van der Waals surface area contributed by atoms with Crippen molar-refractivity contribution in [1.29, 1.82) is 0 Å². The first kappa shape index (κ1) is 21.0. The molecule has 4 rings (SSSR count). The van der Waals surface area contributed by atoms with Crippen LogP contribution < -0.4 is 0 Å². The second kappa shape index (κ2) is 8.88. The molecule has 158 valence electrons. The number of aryl methyl sites for hydroxylation is 1. The van der Waals surface area contributed by atoms with Crippen molar-refractivity contribution in [2.45, 2.75) is 31.2 Å². The average molecular weight is 438 g/mol. The molecule has 1 saturated heterocycles. The van der Waals surface area contributed by atoms with Crippen LogP contribution in [0.25, 0.3) is 11.1 Å². The van der Waals surface area contributed by atoms with E-state index >= 15 is 0 Å². The Morgan fingerprint density at radius 1 is 1.00 bits per heavy atom. The highest BCUT2D eigenvalue weighted by Crippen LogP contribution is 2.40. The van der Waals surface area contributed by atoms with Crippen LogP contribution in [0.4, 0.5) is 0 Å². The Balaban J connectivity index is 1.58. The van der Waals surface area contributed by atoms with E-state index in [1.165, 1.54) is 0 Å². The summed E-state index contributed by atoms with van der Waals surface area (Å²) in [5, 5.41) is 11.0. The number of pyridine rings is 1. The molecule has 6 nitrogen and oxygen atoms in total. The molecule has 2 aromatic carbocycles. The fourth-order valence-electron chi connectivity index (χ4n) is 3.62. The van der Waals surface area contributed by atoms with Gasteiger partial charge in [-0.15, -0.1) is 0 Å². The lowest BCUT2D eigenvalue weighted by Crippen LogP contribution is -2.33. The van der Waals surface area contributed by atoms with Gasteiger partial charge in [-0.2, -0.15) is 0 Å². The van der Waals surface area contributed by atoms with Crippen molar-refractivity contribution in [3.05, 3.63) is 89.2 Å². The number of esters is 2. The lowest BCUT2D eigenvalue weighted by atomic mass is 9.94. The van der Waals surface area contributed by atoms with Crippen molar-refractivity contribution in [3.63, 3.8) is 0 Å². The number of carbonyl (C=O) groups excluding carboxylic acids is 2. The molecule has 1 aliphatic heterocycles. The summed E-state index contributed by atoms with van der Waals surface area (Å²) in [5.74, 6) is -3.91. The second-order valence-corrected chi connectivity index (χ2v) is 7.76. The van der Waals surface area contributed by atoms with E-state index in [4.69, 9.17) is 21.1 Å². The van der Waals surface area contributed by atoms with Crippen LogP contribution >= 0.6 is 11.6 Å². The zero-order chi connectivity index (χ0) is 21.8. The van der Waals surface area contributed by atoms with Gasteiger partial charge in [-0.3, -0.25) is 4.98 Å². The first-order valence-electron chi connectivity index (χ1n) is 9.85. The fraction of sp³-hybridized carbons (Fsp3) is 0.208. The van der Waals surface area contributed by atoms with Gasteiger partial charge in [0, 0.05) is 28.5 Å². The Morgan fingerprint density at radius 2 is 1.74 bits per heavy atom. The van der Waals surface area contributed by atoms with Gasteiger partial charge in [0.15, 0.2) is 0 Å². The Hall–Kier alpha value is -3.22. The van der Waals surface area contributed by atoms with Crippen LogP contribution in [0, 0.1) is 0 Å². The van der Waals surface area contributed by atoms with Crippen molar-refractivity contribution >= 4 is 23.5 Å². The highest BCUT2D eigenvalue weighted by atomic mass is 35.5. The van der Waals surface area contributed by atoms with Crippen LogP contribution in [0.1, 0.15) is 24.0 Å². The number of benzene rings is 2. The average Bonchev–Trinajstić information content (AvgIpc) is 3.07. The summed E-state index contributed by atoms with van der Waals surface area (Å²) < 4.78 is 10.7. The van der Waals surface area contributed by atoms with Gasteiger partial charge in [0.2, 0.25) is 0 Å². The highest BCUT2D eigenvalue weighted by molar-refractivity contribution is 6.33. The SMILES string of the molecule is O=C1OC(C[C@@H](O)CCc2cccnc2)(c2ccc(-c3ccccc3)c(Cl)c2)OC1=O. The quantitative estimate of drug-likeness (QED) is 0.443. The minimum Gasteiger partial charge on any atom is -0.409 e. The summed E-state index contributed by atoms with van der Waals surface area (Å²) >= 11 is 6.50. The van der Waals surface area contributed by atoms with Crippen LogP contribution in [0.15, 0.2) is 73.1 Å². The number of hydrogen-bond donors (Lipinski definition) is 1. The Kier molecular flexibility index (Phi) is 6.02. The maximum atomic E-state index is 11.9. The Labute approximate surface area is 184 Å². The van der Waals surface area contributed by atoms with Gasteiger partial charge in [-0.05, 0) is 36.1 Å². The van der Waals surface area contributed by atoms with E-state index in [0.29, 0.717) is 23.4 Å². The van der Waals surface area contributed by atoms with Crippen molar-refractivity contribution in [2.24, 2.45) is 0 Å². The molecule has 31 heavy (non-hydrogen) atoms. The van der Waals surface area contributed by atoms with Crippen LogP contribution in [0.2, 0.25) is 5.02 Å².